The number of nitrogens with zero attached hydrogens (tertiary/aromatic N) is 4. The summed E-state index contributed by atoms with van der Waals surface area (Å²) in [6.45, 7) is 2.98. The van der Waals surface area contributed by atoms with Crippen molar-refractivity contribution in [2.24, 2.45) is 0 Å². The molecule has 0 radical (unpaired) electrons. The van der Waals surface area contributed by atoms with Crippen LogP contribution >= 0.6 is 0 Å². The van der Waals surface area contributed by atoms with E-state index in [1.807, 2.05) is 44.4 Å². The largest absolute Gasteiger partial charge is 0.508 e. The smallest absolute Gasteiger partial charge is 0.319 e. The van der Waals surface area contributed by atoms with Crippen LogP contribution in [0.15, 0.2) is 48.5 Å². The van der Waals surface area contributed by atoms with Crippen molar-refractivity contribution in [1.29, 1.82) is 0 Å². The van der Waals surface area contributed by atoms with E-state index in [1.54, 1.807) is 18.2 Å². The molecule has 0 spiro atoms. The molecule has 3 aromatic carbocycles. The lowest BCUT2D eigenvalue weighted by atomic mass is 9.96. The lowest BCUT2D eigenvalue weighted by Crippen LogP contribution is -2.51. The molecule has 37 heavy (non-hydrogen) atoms. The van der Waals surface area contributed by atoms with Gasteiger partial charge in [0.05, 0.1) is 6.61 Å². The number of nitrogens with one attached hydrogen (secondary N) is 1. The first-order valence-electron chi connectivity index (χ1n) is 13.0. The molecule has 2 saturated heterocycles. The lowest BCUT2D eigenvalue weighted by molar-refractivity contribution is 0.264. The molecule has 2 aliphatic heterocycles. The lowest BCUT2D eigenvalue weighted by Gasteiger charge is -2.34. The van der Waals surface area contributed by atoms with E-state index in [0.29, 0.717) is 35.2 Å². The molecular formula is C29H32FN5O2. The molecule has 6 rings (SSSR count). The van der Waals surface area contributed by atoms with Gasteiger partial charge in [-0.25, -0.2) is 4.39 Å². The van der Waals surface area contributed by atoms with Gasteiger partial charge in [-0.3, -0.25) is 0 Å². The number of hydrogen-bond donors (Lipinski definition) is 2. The van der Waals surface area contributed by atoms with Crippen molar-refractivity contribution in [2.75, 3.05) is 45.2 Å². The third-order valence-electron chi connectivity index (χ3n) is 7.40. The fourth-order valence-corrected chi connectivity index (χ4v) is 5.67. The highest BCUT2D eigenvalue weighted by molar-refractivity contribution is 6.01. The minimum absolute atomic E-state index is 0.0952. The Bertz CT molecular complexity index is 1450. The number of benzene rings is 3. The monoisotopic (exact) mass is 501 g/mol. The third-order valence-corrected chi connectivity index (χ3v) is 7.40. The Hall–Kier alpha value is -3.49. The van der Waals surface area contributed by atoms with Gasteiger partial charge in [0.1, 0.15) is 17.1 Å². The Morgan fingerprint density at radius 2 is 1.81 bits per heavy atom. The summed E-state index contributed by atoms with van der Waals surface area (Å²) in [7, 11) is 4.04. The van der Waals surface area contributed by atoms with E-state index in [9.17, 15) is 5.11 Å². The van der Waals surface area contributed by atoms with E-state index in [4.69, 9.17) is 9.72 Å². The molecular weight excluding hydrogens is 469 g/mol. The standard InChI is InChI=1S/C29H32FN5O2/c1-34(2)12-5-13-37-29-32-27-24(28(33-29)35-16-19-8-9-20(17-35)31-19)11-10-23(26(27)30)25-15-21(36)14-18-6-3-4-7-22(18)25/h3-4,6-7,10-11,14-15,19-20,31,36H,5,8-9,12-13,16-17H2,1-2H3. The summed E-state index contributed by atoms with van der Waals surface area (Å²) in [6.07, 6.45) is 3.10. The second-order valence-electron chi connectivity index (χ2n) is 10.4. The van der Waals surface area contributed by atoms with Crippen LogP contribution in [0, 0.1) is 5.82 Å². The molecule has 3 heterocycles. The number of phenolic OH excluding ortho intramolecular Hbond substituents is 1. The number of anilines is 1. The van der Waals surface area contributed by atoms with E-state index in [2.05, 4.69) is 20.1 Å². The highest BCUT2D eigenvalue weighted by Crippen LogP contribution is 2.38. The van der Waals surface area contributed by atoms with Crippen LogP contribution in [0.1, 0.15) is 19.3 Å². The number of halogens is 1. The molecule has 2 aliphatic rings. The van der Waals surface area contributed by atoms with Crippen molar-refractivity contribution in [3.8, 4) is 22.9 Å². The zero-order valence-corrected chi connectivity index (χ0v) is 21.2. The first-order chi connectivity index (χ1) is 18.0. The van der Waals surface area contributed by atoms with Crippen molar-refractivity contribution in [1.82, 2.24) is 20.2 Å². The normalized spacial score (nSPS) is 19.3. The Morgan fingerprint density at radius 1 is 1.03 bits per heavy atom. The highest BCUT2D eigenvalue weighted by Gasteiger charge is 2.34. The Kier molecular flexibility index (Phi) is 6.30. The van der Waals surface area contributed by atoms with Crippen LogP contribution in [0.2, 0.25) is 0 Å². The van der Waals surface area contributed by atoms with Gasteiger partial charge in [-0.15, -0.1) is 0 Å². The molecule has 2 bridgehead atoms. The molecule has 1 aromatic heterocycles. The van der Waals surface area contributed by atoms with Crippen molar-refractivity contribution in [3.05, 3.63) is 54.3 Å². The van der Waals surface area contributed by atoms with Gasteiger partial charge in [0.15, 0.2) is 5.82 Å². The molecule has 7 nitrogen and oxygen atoms in total. The van der Waals surface area contributed by atoms with Crippen LogP contribution in [-0.2, 0) is 0 Å². The highest BCUT2D eigenvalue weighted by atomic mass is 19.1. The summed E-state index contributed by atoms with van der Waals surface area (Å²) in [5.41, 5.74) is 1.26. The minimum atomic E-state index is -0.437. The molecule has 4 aromatic rings. The maximum atomic E-state index is 16.3. The summed E-state index contributed by atoms with van der Waals surface area (Å²) in [5, 5.41) is 16.4. The van der Waals surface area contributed by atoms with Crippen LogP contribution < -0.4 is 15.0 Å². The first kappa shape index (κ1) is 23.9. The van der Waals surface area contributed by atoms with Gasteiger partial charge in [0, 0.05) is 42.7 Å². The van der Waals surface area contributed by atoms with Crippen LogP contribution in [0.5, 0.6) is 11.8 Å². The first-order valence-corrected chi connectivity index (χ1v) is 13.0. The average Bonchev–Trinajstić information content (AvgIpc) is 3.23. The molecule has 0 aliphatic carbocycles. The van der Waals surface area contributed by atoms with Gasteiger partial charge in [0.25, 0.3) is 0 Å². The quantitative estimate of drug-likeness (QED) is 0.360. The number of hydrogen-bond acceptors (Lipinski definition) is 7. The van der Waals surface area contributed by atoms with Gasteiger partial charge in [0.2, 0.25) is 0 Å². The summed E-state index contributed by atoms with van der Waals surface area (Å²) < 4.78 is 22.3. The zero-order valence-electron chi connectivity index (χ0n) is 21.2. The third kappa shape index (κ3) is 4.67. The van der Waals surface area contributed by atoms with Crippen LogP contribution in [-0.4, -0.2) is 72.4 Å². The van der Waals surface area contributed by atoms with Crippen molar-refractivity contribution >= 4 is 27.5 Å². The fraction of sp³-hybridized carbons (Fsp3) is 0.379. The predicted octanol–water partition coefficient (Wildman–Crippen LogP) is 4.57. The predicted molar refractivity (Wildman–Crippen MR) is 145 cm³/mol. The topological polar surface area (TPSA) is 73.8 Å². The second kappa shape index (κ2) is 9.76. The number of phenols is 1. The van der Waals surface area contributed by atoms with E-state index >= 15 is 4.39 Å². The Labute approximate surface area is 215 Å². The molecule has 192 valence electrons. The maximum Gasteiger partial charge on any atom is 0.319 e. The van der Waals surface area contributed by atoms with Crippen molar-refractivity contribution in [3.63, 3.8) is 0 Å². The molecule has 8 heteroatoms. The van der Waals surface area contributed by atoms with Gasteiger partial charge in [-0.1, -0.05) is 30.3 Å². The minimum Gasteiger partial charge on any atom is -0.508 e. The van der Waals surface area contributed by atoms with Gasteiger partial charge < -0.3 is 25.0 Å². The second-order valence-corrected chi connectivity index (χ2v) is 10.4. The number of fused-ring (bicyclic) bond motifs is 4. The maximum absolute atomic E-state index is 16.3. The summed E-state index contributed by atoms with van der Waals surface area (Å²) in [6, 6.07) is 15.7. The van der Waals surface area contributed by atoms with Gasteiger partial charge in [-0.05, 0) is 67.9 Å². The molecule has 0 amide bonds. The molecule has 2 N–H and O–H groups in total. The summed E-state index contributed by atoms with van der Waals surface area (Å²) in [4.78, 5) is 13.7. The van der Waals surface area contributed by atoms with Gasteiger partial charge >= 0.3 is 6.01 Å². The van der Waals surface area contributed by atoms with Crippen molar-refractivity contribution < 1.29 is 14.2 Å². The number of aromatic nitrogens is 2. The average molecular weight is 502 g/mol. The number of aromatic hydroxyl groups is 1. The number of ether oxygens (including phenoxy) is 1. The van der Waals surface area contributed by atoms with E-state index in [-0.39, 0.29) is 17.3 Å². The fourth-order valence-electron chi connectivity index (χ4n) is 5.67. The van der Waals surface area contributed by atoms with Crippen LogP contribution in [0.4, 0.5) is 10.2 Å². The van der Waals surface area contributed by atoms with E-state index < -0.39 is 5.82 Å². The Balaban J connectivity index is 1.46. The zero-order chi connectivity index (χ0) is 25.5. The molecule has 0 saturated carbocycles. The van der Waals surface area contributed by atoms with Crippen molar-refractivity contribution in [2.45, 2.75) is 31.3 Å². The number of piperazine rings is 1. The molecule has 2 fully saturated rings. The molecule has 2 unspecified atom stereocenters. The van der Waals surface area contributed by atoms with E-state index in [0.717, 1.165) is 55.5 Å². The summed E-state index contributed by atoms with van der Waals surface area (Å²) in [5.74, 6) is 0.378. The number of rotatable bonds is 7. The Morgan fingerprint density at radius 3 is 2.59 bits per heavy atom. The van der Waals surface area contributed by atoms with Crippen LogP contribution in [0.3, 0.4) is 0 Å². The SMILES string of the molecule is CN(C)CCCOc1nc(N2CC3CCC(C2)N3)c2ccc(-c3cc(O)cc4ccccc34)c(F)c2n1. The summed E-state index contributed by atoms with van der Waals surface area (Å²) >= 11 is 0. The van der Waals surface area contributed by atoms with Gasteiger partial charge in [-0.2, -0.15) is 9.97 Å². The van der Waals surface area contributed by atoms with E-state index in [1.165, 1.54) is 0 Å². The molecule has 2 atom stereocenters. The van der Waals surface area contributed by atoms with Crippen LogP contribution in [0.25, 0.3) is 32.8 Å².